The minimum absolute atomic E-state index is 0.0744. The van der Waals surface area contributed by atoms with Crippen molar-refractivity contribution in [1.29, 1.82) is 0 Å². The predicted octanol–water partition coefficient (Wildman–Crippen LogP) is 20.5. The molecule has 0 amide bonds. The van der Waals surface area contributed by atoms with E-state index in [1.807, 2.05) is 0 Å². The summed E-state index contributed by atoms with van der Waals surface area (Å²) >= 11 is 0. The summed E-state index contributed by atoms with van der Waals surface area (Å²) in [4.78, 5) is 38.0. The first kappa shape index (κ1) is 67.8. The van der Waals surface area contributed by atoms with Crippen molar-refractivity contribution in [2.24, 2.45) is 0 Å². The van der Waals surface area contributed by atoms with Crippen LogP contribution in [0.25, 0.3) is 0 Å². The van der Waals surface area contributed by atoms with E-state index in [1.54, 1.807) is 0 Å². The fourth-order valence-electron chi connectivity index (χ4n) is 8.64. The summed E-state index contributed by atoms with van der Waals surface area (Å²) in [6, 6.07) is 0. The number of ether oxygens (including phenoxy) is 3. The van der Waals surface area contributed by atoms with Gasteiger partial charge in [0.05, 0.1) is 0 Å². The van der Waals surface area contributed by atoms with E-state index in [0.717, 1.165) is 89.9 Å². The van der Waals surface area contributed by atoms with E-state index in [1.165, 1.54) is 173 Å². The molecule has 0 aromatic heterocycles. The number of hydrogen-bond acceptors (Lipinski definition) is 6. The van der Waals surface area contributed by atoms with Gasteiger partial charge in [0.15, 0.2) is 6.10 Å². The van der Waals surface area contributed by atoms with Crippen LogP contribution in [0, 0.1) is 0 Å². The van der Waals surface area contributed by atoms with E-state index in [0.29, 0.717) is 19.3 Å². The standard InChI is InChI=1S/C65H114O6/c1-4-7-10-13-16-18-20-22-24-26-27-28-29-30-31-32-33-34-35-36-37-39-40-42-44-46-49-52-55-58-64(67)70-61-62(60-69-63(66)57-54-51-48-15-12-9-6-3)71-65(68)59-56-53-50-47-45-43-41-38-25-23-21-19-17-14-11-8-5-2/h7,10,16,18,22-25,27-28,30-31,62H,4-6,8-9,11-15,17,19-21,26,29,32-61H2,1-3H3/b10-7-,18-16-,24-22-,25-23-,28-27-,31-30-. The van der Waals surface area contributed by atoms with Crippen LogP contribution in [-0.4, -0.2) is 37.2 Å². The zero-order chi connectivity index (χ0) is 51.4. The molecule has 0 aliphatic heterocycles. The van der Waals surface area contributed by atoms with Crippen molar-refractivity contribution in [2.75, 3.05) is 13.2 Å². The molecule has 0 N–H and O–H groups in total. The lowest BCUT2D eigenvalue weighted by Gasteiger charge is -2.18. The van der Waals surface area contributed by atoms with Gasteiger partial charge in [-0.3, -0.25) is 14.4 Å². The van der Waals surface area contributed by atoms with Gasteiger partial charge in [0, 0.05) is 19.3 Å². The highest BCUT2D eigenvalue weighted by atomic mass is 16.6. The molecule has 0 aliphatic rings. The second-order valence-corrected chi connectivity index (χ2v) is 20.2. The summed E-state index contributed by atoms with van der Waals surface area (Å²) in [7, 11) is 0. The smallest absolute Gasteiger partial charge is 0.306 e. The Balaban J connectivity index is 4.10. The summed E-state index contributed by atoms with van der Waals surface area (Å²) in [5.41, 5.74) is 0. The van der Waals surface area contributed by atoms with Gasteiger partial charge in [-0.2, -0.15) is 0 Å². The summed E-state index contributed by atoms with van der Waals surface area (Å²) < 4.78 is 16.8. The van der Waals surface area contributed by atoms with Crippen LogP contribution in [0.1, 0.15) is 303 Å². The first-order valence-corrected chi connectivity index (χ1v) is 30.4. The molecule has 0 fully saturated rings. The van der Waals surface area contributed by atoms with Gasteiger partial charge < -0.3 is 14.2 Å². The molecule has 0 saturated carbocycles. The first-order valence-electron chi connectivity index (χ1n) is 30.4. The van der Waals surface area contributed by atoms with Crippen LogP contribution < -0.4 is 0 Å². The van der Waals surface area contributed by atoms with Gasteiger partial charge in [-0.25, -0.2) is 0 Å². The molecular formula is C65H114O6. The summed E-state index contributed by atoms with van der Waals surface area (Å²) in [5, 5.41) is 0. The van der Waals surface area contributed by atoms with E-state index in [4.69, 9.17) is 14.2 Å². The van der Waals surface area contributed by atoms with Crippen LogP contribution in [-0.2, 0) is 28.6 Å². The second kappa shape index (κ2) is 59.4. The molecule has 1 unspecified atom stereocenters. The van der Waals surface area contributed by atoms with Crippen molar-refractivity contribution < 1.29 is 28.6 Å². The minimum Gasteiger partial charge on any atom is -0.462 e. The molecule has 71 heavy (non-hydrogen) atoms. The van der Waals surface area contributed by atoms with Crippen molar-refractivity contribution >= 4 is 17.9 Å². The lowest BCUT2D eigenvalue weighted by atomic mass is 10.0. The number of carbonyl (C=O) groups is 3. The van der Waals surface area contributed by atoms with Gasteiger partial charge in [0.2, 0.25) is 0 Å². The number of carbonyl (C=O) groups excluding carboxylic acids is 3. The van der Waals surface area contributed by atoms with E-state index < -0.39 is 6.10 Å². The van der Waals surface area contributed by atoms with Gasteiger partial charge in [0.25, 0.3) is 0 Å². The highest BCUT2D eigenvalue weighted by Gasteiger charge is 2.19. The Hall–Kier alpha value is -3.15. The molecule has 410 valence electrons. The first-order chi connectivity index (χ1) is 35.0. The van der Waals surface area contributed by atoms with Crippen LogP contribution in [0.3, 0.4) is 0 Å². The Morgan fingerprint density at radius 1 is 0.296 bits per heavy atom. The molecule has 0 aliphatic carbocycles. The minimum atomic E-state index is -0.774. The SMILES string of the molecule is CC/C=C\C/C=C\C/C=C\C/C=C\C/C=C\CCCCCCCCCCCCCCCC(=O)OCC(COC(=O)CCCCCCCCC)OC(=O)CCCCCCCCC/C=C\CCCCCCCC. The molecular weight excluding hydrogens is 877 g/mol. The quantitative estimate of drug-likeness (QED) is 0.0261. The number of unbranched alkanes of at least 4 members (excludes halogenated alkanes) is 32. The van der Waals surface area contributed by atoms with Crippen molar-refractivity contribution in [2.45, 2.75) is 309 Å². The average molecular weight is 992 g/mol. The largest absolute Gasteiger partial charge is 0.462 e. The molecule has 6 heteroatoms. The van der Waals surface area contributed by atoms with E-state index in [9.17, 15) is 14.4 Å². The Bertz CT molecular complexity index is 1320. The lowest BCUT2D eigenvalue weighted by Crippen LogP contribution is -2.30. The highest BCUT2D eigenvalue weighted by molar-refractivity contribution is 5.71. The van der Waals surface area contributed by atoms with Gasteiger partial charge in [0.1, 0.15) is 13.2 Å². The Morgan fingerprint density at radius 2 is 0.549 bits per heavy atom. The average Bonchev–Trinajstić information content (AvgIpc) is 3.37. The van der Waals surface area contributed by atoms with E-state index in [-0.39, 0.29) is 31.1 Å². The number of rotatable bonds is 55. The number of esters is 3. The van der Waals surface area contributed by atoms with Crippen LogP contribution in [0.5, 0.6) is 0 Å². The fraction of sp³-hybridized carbons (Fsp3) is 0.769. The molecule has 0 saturated heterocycles. The molecule has 0 rings (SSSR count). The zero-order valence-electron chi connectivity index (χ0n) is 47.0. The molecule has 1 atom stereocenters. The van der Waals surface area contributed by atoms with Crippen LogP contribution in [0.15, 0.2) is 72.9 Å². The fourth-order valence-corrected chi connectivity index (χ4v) is 8.64. The lowest BCUT2D eigenvalue weighted by molar-refractivity contribution is -0.167. The normalized spacial score (nSPS) is 12.5. The van der Waals surface area contributed by atoms with Gasteiger partial charge in [-0.05, 0) is 89.9 Å². The molecule has 0 spiro atoms. The predicted molar refractivity (Wildman–Crippen MR) is 307 cm³/mol. The van der Waals surface area contributed by atoms with Gasteiger partial charge >= 0.3 is 17.9 Å². The monoisotopic (exact) mass is 991 g/mol. The van der Waals surface area contributed by atoms with Crippen LogP contribution in [0.4, 0.5) is 0 Å². The van der Waals surface area contributed by atoms with Crippen molar-refractivity contribution in [1.82, 2.24) is 0 Å². The number of allylic oxidation sites excluding steroid dienone is 12. The molecule has 0 bridgehead atoms. The summed E-state index contributed by atoms with van der Waals surface area (Å²) in [6.45, 7) is 6.50. The third kappa shape index (κ3) is 57.6. The van der Waals surface area contributed by atoms with Crippen molar-refractivity contribution in [3.8, 4) is 0 Å². The third-order valence-electron chi connectivity index (χ3n) is 13.2. The summed E-state index contributed by atoms with van der Waals surface area (Å²) in [5.74, 6) is -0.876. The van der Waals surface area contributed by atoms with Crippen LogP contribution in [0.2, 0.25) is 0 Å². The second-order valence-electron chi connectivity index (χ2n) is 20.2. The molecule has 0 radical (unpaired) electrons. The highest BCUT2D eigenvalue weighted by Crippen LogP contribution is 2.16. The maximum Gasteiger partial charge on any atom is 0.306 e. The van der Waals surface area contributed by atoms with E-state index >= 15 is 0 Å². The van der Waals surface area contributed by atoms with Crippen LogP contribution >= 0.6 is 0 Å². The number of hydrogen-bond donors (Lipinski definition) is 0. The van der Waals surface area contributed by atoms with Crippen molar-refractivity contribution in [3.63, 3.8) is 0 Å². The zero-order valence-corrected chi connectivity index (χ0v) is 47.0. The Labute approximate surface area is 440 Å². The maximum atomic E-state index is 12.8. The maximum absolute atomic E-state index is 12.8. The molecule has 0 aromatic carbocycles. The Morgan fingerprint density at radius 3 is 0.873 bits per heavy atom. The third-order valence-corrected chi connectivity index (χ3v) is 13.2. The van der Waals surface area contributed by atoms with E-state index in [2.05, 4.69) is 93.7 Å². The Kier molecular flexibility index (Phi) is 56.8. The topological polar surface area (TPSA) is 78.9 Å². The molecule has 0 heterocycles. The van der Waals surface area contributed by atoms with Gasteiger partial charge in [-0.15, -0.1) is 0 Å². The molecule has 0 aromatic rings. The summed E-state index contributed by atoms with van der Waals surface area (Å²) in [6.07, 6.45) is 76.4. The molecule has 6 nitrogen and oxygen atoms in total. The van der Waals surface area contributed by atoms with Gasteiger partial charge in [-0.1, -0.05) is 267 Å². The van der Waals surface area contributed by atoms with Crippen molar-refractivity contribution in [3.05, 3.63) is 72.9 Å².